The van der Waals surface area contributed by atoms with Gasteiger partial charge >= 0.3 is 11.9 Å². The van der Waals surface area contributed by atoms with E-state index < -0.39 is 11.6 Å². The van der Waals surface area contributed by atoms with Crippen molar-refractivity contribution in [1.29, 1.82) is 0 Å². The molecule has 0 saturated carbocycles. The van der Waals surface area contributed by atoms with Crippen molar-refractivity contribution < 1.29 is 19.1 Å². The van der Waals surface area contributed by atoms with Crippen molar-refractivity contribution in [1.82, 2.24) is 0 Å². The van der Waals surface area contributed by atoms with Crippen LogP contribution in [0.25, 0.3) is 0 Å². The van der Waals surface area contributed by atoms with E-state index in [2.05, 4.69) is 6.58 Å². The number of carbonyl (C=O) groups is 2. The smallest absolute Gasteiger partial charge is 0.351 e. The summed E-state index contributed by atoms with van der Waals surface area (Å²) in [5.41, 5.74) is -1.08. The zero-order valence-electron chi connectivity index (χ0n) is 8.95. The number of unbranched alkanes of at least 4 members (excludes halogenated alkanes) is 1. The molecule has 0 N–H and O–H groups in total. The molecule has 15 heavy (non-hydrogen) atoms. The van der Waals surface area contributed by atoms with E-state index in [1.54, 1.807) is 6.08 Å². The lowest BCUT2D eigenvalue weighted by Gasteiger charge is -2.37. The van der Waals surface area contributed by atoms with Gasteiger partial charge in [-0.2, -0.15) is 0 Å². The lowest BCUT2D eigenvalue weighted by atomic mass is 9.90. The van der Waals surface area contributed by atoms with E-state index in [-0.39, 0.29) is 12.4 Å². The van der Waals surface area contributed by atoms with Crippen LogP contribution in [0.1, 0.15) is 32.6 Å². The molecule has 84 valence electrons. The molecule has 4 heteroatoms. The Morgan fingerprint density at radius 1 is 1.73 bits per heavy atom. The predicted molar refractivity (Wildman–Crippen MR) is 54.1 cm³/mol. The Kier molecular flexibility index (Phi) is 3.88. The number of hydrogen-bond acceptors (Lipinski definition) is 4. The third-order valence-electron chi connectivity index (χ3n) is 2.32. The Morgan fingerprint density at radius 2 is 2.40 bits per heavy atom. The Bertz CT molecular complexity index is 256. The molecule has 1 aliphatic heterocycles. The summed E-state index contributed by atoms with van der Waals surface area (Å²) in [4.78, 5) is 22.4. The average Bonchev–Trinajstić information content (AvgIpc) is 2.15. The first-order valence-corrected chi connectivity index (χ1v) is 5.14. The third kappa shape index (κ3) is 2.58. The highest BCUT2D eigenvalue weighted by Gasteiger charge is 2.53. The summed E-state index contributed by atoms with van der Waals surface area (Å²) >= 11 is 0. The van der Waals surface area contributed by atoms with Crippen LogP contribution in [0.15, 0.2) is 12.7 Å². The molecule has 1 heterocycles. The zero-order valence-corrected chi connectivity index (χ0v) is 8.95. The quantitative estimate of drug-likeness (QED) is 0.381. The molecule has 0 aromatic carbocycles. The lowest BCUT2D eigenvalue weighted by Crippen LogP contribution is -2.54. The molecule has 0 aromatic heterocycles. The molecular weight excluding hydrogens is 196 g/mol. The van der Waals surface area contributed by atoms with Crippen molar-refractivity contribution in [2.45, 2.75) is 38.2 Å². The number of rotatable bonds is 6. The van der Waals surface area contributed by atoms with Gasteiger partial charge in [0.2, 0.25) is 5.60 Å². The van der Waals surface area contributed by atoms with E-state index in [0.29, 0.717) is 13.0 Å². The molecule has 1 fully saturated rings. The maximum absolute atomic E-state index is 11.6. The zero-order chi connectivity index (χ0) is 11.3. The Hall–Kier alpha value is -1.32. The molecule has 0 bridgehead atoms. The summed E-state index contributed by atoms with van der Waals surface area (Å²) in [6.07, 6.45) is 3.77. The minimum Gasteiger partial charge on any atom is -0.463 e. The van der Waals surface area contributed by atoms with Crippen LogP contribution in [0.4, 0.5) is 0 Å². The fourth-order valence-corrected chi connectivity index (χ4v) is 1.43. The largest absolute Gasteiger partial charge is 0.463 e. The summed E-state index contributed by atoms with van der Waals surface area (Å²) in [5, 5.41) is 0. The van der Waals surface area contributed by atoms with Crippen molar-refractivity contribution in [2.24, 2.45) is 0 Å². The second-order valence-corrected chi connectivity index (χ2v) is 3.63. The van der Waals surface area contributed by atoms with Crippen molar-refractivity contribution in [3.05, 3.63) is 12.7 Å². The lowest BCUT2D eigenvalue weighted by molar-refractivity contribution is -0.207. The van der Waals surface area contributed by atoms with Gasteiger partial charge in [-0.25, -0.2) is 4.79 Å². The SMILES string of the molecule is C=CC[C@]1(C(=O)OCCCC)CC(=O)O1. The van der Waals surface area contributed by atoms with Gasteiger partial charge in [-0.05, 0) is 6.42 Å². The van der Waals surface area contributed by atoms with Crippen LogP contribution >= 0.6 is 0 Å². The van der Waals surface area contributed by atoms with Crippen LogP contribution in [-0.2, 0) is 19.1 Å². The number of carbonyl (C=O) groups excluding carboxylic acids is 2. The summed E-state index contributed by atoms with van der Waals surface area (Å²) in [7, 11) is 0. The second kappa shape index (κ2) is 4.96. The number of cyclic esters (lactones) is 1. The van der Waals surface area contributed by atoms with Gasteiger partial charge in [0.1, 0.15) is 0 Å². The third-order valence-corrected chi connectivity index (χ3v) is 2.32. The van der Waals surface area contributed by atoms with Crippen molar-refractivity contribution in [2.75, 3.05) is 6.61 Å². The van der Waals surface area contributed by atoms with Gasteiger partial charge in [0, 0.05) is 6.42 Å². The first kappa shape index (κ1) is 11.8. The maximum Gasteiger partial charge on any atom is 0.351 e. The van der Waals surface area contributed by atoms with Crippen molar-refractivity contribution >= 4 is 11.9 Å². The highest BCUT2D eigenvalue weighted by atomic mass is 16.6. The molecule has 1 saturated heterocycles. The molecule has 1 aliphatic rings. The highest BCUT2D eigenvalue weighted by molar-refractivity contribution is 5.93. The van der Waals surface area contributed by atoms with Crippen LogP contribution in [0.2, 0.25) is 0 Å². The second-order valence-electron chi connectivity index (χ2n) is 3.63. The van der Waals surface area contributed by atoms with E-state index >= 15 is 0 Å². The molecule has 0 unspecified atom stereocenters. The van der Waals surface area contributed by atoms with Crippen LogP contribution in [0.3, 0.4) is 0 Å². The van der Waals surface area contributed by atoms with Crippen LogP contribution in [0, 0.1) is 0 Å². The van der Waals surface area contributed by atoms with Gasteiger partial charge in [-0.1, -0.05) is 19.4 Å². The Morgan fingerprint density at radius 3 is 2.87 bits per heavy atom. The van der Waals surface area contributed by atoms with E-state index in [4.69, 9.17) is 9.47 Å². The van der Waals surface area contributed by atoms with E-state index in [1.807, 2.05) is 6.92 Å². The molecule has 0 radical (unpaired) electrons. The molecule has 4 nitrogen and oxygen atoms in total. The summed E-state index contributed by atoms with van der Waals surface area (Å²) in [6, 6.07) is 0. The van der Waals surface area contributed by atoms with Gasteiger partial charge < -0.3 is 9.47 Å². The minimum atomic E-state index is -1.08. The minimum absolute atomic E-state index is 0.101. The highest BCUT2D eigenvalue weighted by Crippen LogP contribution is 2.33. The first-order chi connectivity index (χ1) is 7.14. The molecule has 1 rings (SSSR count). The standard InChI is InChI=1S/C11H16O4/c1-3-5-7-14-10(13)11(6-4-2)8-9(12)15-11/h4H,2-3,5-8H2,1H3/t11-/m1/s1. The normalized spacial score (nSPS) is 23.9. The van der Waals surface area contributed by atoms with Gasteiger partial charge in [0.25, 0.3) is 0 Å². The van der Waals surface area contributed by atoms with Crippen LogP contribution in [-0.4, -0.2) is 24.1 Å². The van der Waals surface area contributed by atoms with E-state index in [9.17, 15) is 9.59 Å². The molecule has 0 aliphatic carbocycles. The van der Waals surface area contributed by atoms with Gasteiger partial charge in [-0.15, -0.1) is 6.58 Å². The number of esters is 2. The monoisotopic (exact) mass is 212 g/mol. The molecule has 1 atom stereocenters. The molecular formula is C11H16O4. The summed E-state index contributed by atoms with van der Waals surface area (Å²) < 4.78 is 9.90. The van der Waals surface area contributed by atoms with Gasteiger partial charge in [0.05, 0.1) is 13.0 Å². The predicted octanol–water partition coefficient (Wildman–Crippen LogP) is 1.59. The van der Waals surface area contributed by atoms with E-state index in [1.165, 1.54) is 0 Å². The van der Waals surface area contributed by atoms with Gasteiger partial charge in [-0.3, -0.25) is 4.79 Å². The molecule has 0 amide bonds. The maximum atomic E-state index is 11.6. The Balaban J connectivity index is 2.46. The topological polar surface area (TPSA) is 52.6 Å². The number of hydrogen-bond donors (Lipinski definition) is 0. The number of ether oxygens (including phenoxy) is 2. The van der Waals surface area contributed by atoms with Crippen LogP contribution < -0.4 is 0 Å². The van der Waals surface area contributed by atoms with Crippen LogP contribution in [0.5, 0.6) is 0 Å². The van der Waals surface area contributed by atoms with Crippen molar-refractivity contribution in [3.63, 3.8) is 0 Å². The molecule has 0 spiro atoms. The van der Waals surface area contributed by atoms with E-state index in [0.717, 1.165) is 12.8 Å². The van der Waals surface area contributed by atoms with Gasteiger partial charge in [0.15, 0.2) is 0 Å². The summed E-state index contributed by atoms with van der Waals surface area (Å²) in [5.74, 6) is -0.806. The average molecular weight is 212 g/mol. The fourth-order valence-electron chi connectivity index (χ4n) is 1.43. The van der Waals surface area contributed by atoms with Crippen molar-refractivity contribution in [3.8, 4) is 0 Å². The fraction of sp³-hybridized carbons (Fsp3) is 0.636. The first-order valence-electron chi connectivity index (χ1n) is 5.14. The Labute approximate surface area is 89.2 Å². The molecule has 0 aromatic rings. The summed E-state index contributed by atoms with van der Waals surface area (Å²) in [6.45, 7) is 5.92.